The average Bonchev–Trinajstić information content (AvgIpc) is 2.39. The summed E-state index contributed by atoms with van der Waals surface area (Å²) in [5.41, 5.74) is 0.632. The van der Waals surface area contributed by atoms with Gasteiger partial charge in [-0.15, -0.1) is 0 Å². The predicted molar refractivity (Wildman–Crippen MR) is 70.0 cm³/mol. The van der Waals surface area contributed by atoms with Crippen molar-refractivity contribution in [2.45, 2.75) is 52.7 Å². The highest BCUT2D eigenvalue weighted by molar-refractivity contribution is 5.37. The fourth-order valence-electron chi connectivity index (χ4n) is 1.72. The van der Waals surface area contributed by atoms with Crippen molar-refractivity contribution in [1.29, 1.82) is 0 Å². The van der Waals surface area contributed by atoms with Crippen molar-refractivity contribution >= 4 is 5.82 Å². The number of aliphatic hydroxyl groups excluding tert-OH is 1. The van der Waals surface area contributed by atoms with Gasteiger partial charge in [0.15, 0.2) is 0 Å². The zero-order valence-electron chi connectivity index (χ0n) is 11.1. The Kier molecular flexibility index (Phi) is 5.91. The number of hydrogen-bond donors (Lipinski definition) is 1. The van der Waals surface area contributed by atoms with Gasteiger partial charge in [-0.1, -0.05) is 20.3 Å². The summed E-state index contributed by atoms with van der Waals surface area (Å²) >= 11 is 0. The molecule has 17 heavy (non-hydrogen) atoms. The standard InChI is InChI=1S/C13H23N3O/c1-4-6-7-16(11(3)5-2)13-9-14-8-12(10-17)15-13/h8-9,11,17H,4-7,10H2,1-3H3. The summed E-state index contributed by atoms with van der Waals surface area (Å²) < 4.78 is 0. The van der Waals surface area contributed by atoms with Crippen LogP contribution in [-0.4, -0.2) is 27.7 Å². The van der Waals surface area contributed by atoms with Crippen LogP contribution in [0.5, 0.6) is 0 Å². The molecule has 0 saturated heterocycles. The molecule has 0 radical (unpaired) electrons. The van der Waals surface area contributed by atoms with E-state index in [9.17, 15) is 0 Å². The Morgan fingerprint density at radius 1 is 1.35 bits per heavy atom. The van der Waals surface area contributed by atoms with Gasteiger partial charge in [-0.3, -0.25) is 4.98 Å². The van der Waals surface area contributed by atoms with Crippen LogP contribution in [0.2, 0.25) is 0 Å². The van der Waals surface area contributed by atoms with Gasteiger partial charge in [-0.25, -0.2) is 4.98 Å². The summed E-state index contributed by atoms with van der Waals surface area (Å²) in [5, 5.41) is 9.09. The predicted octanol–water partition coefficient (Wildman–Crippen LogP) is 2.37. The van der Waals surface area contributed by atoms with Crippen molar-refractivity contribution in [2.24, 2.45) is 0 Å². The third-order valence-electron chi connectivity index (χ3n) is 3.00. The van der Waals surface area contributed by atoms with Crippen LogP contribution in [-0.2, 0) is 6.61 Å². The Balaban J connectivity index is 2.86. The molecule has 1 aromatic rings. The first-order valence-electron chi connectivity index (χ1n) is 6.41. The van der Waals surface area contributed by atoms with Crippen LogP contribution in [0.15, 0.2) is 12.4 Å². The van der Waals surface area contributed by atoms with E-state index in [4.69, 9.17) is 5.11 Å². The second kappa shape index (κ2) is 7.22. The maximum atomic E-state index is 9.09. The fraction of sp³-hybridized carbons (Fsp3) is 0.692. The summed E-state index contributed by atoms with van der Waals surface area (Å²) in [5.74, 6) is 0.874. The Morgan fingerprint density at radius 2 is 2.12 bits per heavy atom. The second-order valence-corrected chi connectivity index (χ2v) is 4.33. The number of aromatic nitrogens is 2. The molecule has 1 rings (SSSR count). The molecule has 0 aliphatic rings. The third-order valence-corrected chi connectivity index (χ3v) is 3.00. The maximum absolute atomic E-state index is 9.09. The fourth-order valence-corrected chi connectivity index (χ4v) is 1.72. The maximum Gasteiger partial charge on any atom is 0.147 e. The highest BCUT2D eigenvalue weighted by Crippen LogP contribution is 2.16. The molecule has 0 fully saturated rings. The van der Waals surface area contributed by atoms with Crippen molar-refractivity contribution in [3.05, 3.63) is 18.1 Å². The number of anilines is 1. The molecular weight excluding hydrogens is 214 g/mol. The summed E-state index contributed by atoms with van der Waals surface area (Å²) in [7, 11) is 0. The van der Waals surface area contributed by atoms with Gasteiger partial charge in [-0.05, 0) is 19.8 Å². The van der Waals surface area contributed by atoms with Crippen molar-refractivity contribution in [3.8, 4) is 0 Å². The van der Waals surface area contributed by atoms with Crippen LogP contribution in [0.3, 0.4) is 0 Å². The minimum Gasteiger partial charge on any atom is -0.390 e. The Labute approximate surface area is 104 Å². The zero-order valence-corrected chi connectivity index (χ0v) is 11.1. The van der Waals surface area contributed by atoms with E-state index in [1.807, 2.05) is 0 Å². The largest absolute Gasteiger partial charge is 0.390 e. The van der Waals surface area contributed by atoms with Crippen LogP contribution in [0.1, 0.15) is 45.7 Å². The number of aliphatic hydroxyl groups is 1. The Bertz CT molecular complexity index is 330. The SMILES string of the molecule is CCCCN(c1cncc(CO)n1)C(C)CC. The molecular formula is C13H23N3O. The van der Waals surface area contributed by atoms with Crippen LogP contribution in [0.25, 0.3) is 0 Å². The lowest BCUT2D eigenvalue weighted by atomic mass is 10.2. The molecule has 1 heterocycles. The molecule has 96 valence electrons. The van der Waals surface area contributed by atoms with Gasteiger partial charge < -0.3 is 10.0 Å². The van der Waals surface area contributed by atoms with E-state index in [-0.39, 0.29) is 6.61 Å². The van der Waals surface area contributed by atoms with Gasteiger partial charge in [0.25, 0.3) is 0 Å². The van der Waals surface area contributed by atoms with Gasteiger partial charge in [0.05, 0.1) is 24.7 Å². The molecule has 0 aliphatic carbocycles. The molecule has 0 bridgehead atoms. The van der Waals surface area contributed by atoms with Crippen molar-refractivity contribution in [1.82, 2.24) is 9.97 Å². The molecule has 1 N–H and O–H groups in total. The third kappa shape index (κ3) is 3.97. The van der Waals surface area contributed by atoms with Crippen LogP contribution in [0, 0.1) is 0 Å². The minimum absolute atomic E-state index is 0.0526. The van der Waals surface area contributed by atoms with E-state index in [1.165, 1.54) is 6.42 Å². The van der Waals surface area contributed by atoms with E-state index in [2.05, 4.69) is 35.6 Å². The number of hydrogen-bond acceptors (Lipinski definition) is 4. The second-order valence-electron chi connectivity index (χ2n) is 4.33. The first kappa shape index (κ1) is 13.9. The topological polar surface area (TPSA) is 49.2 Å². The molecule has 4 nitrogen and oxygen atoms in total. The number of unbranched alkanes of at least 4 members (excludes halogenated alkanes) is 1. The summed E-state index contributed by atoms with van der Waals surface area (Å²) in [6.45, 7) is 7.50. The van der Waals surface area contributed by atoms with Gasteiger partial charge in [0.1, 0.15) is 5.82 Å². The normalized spacial score (nSPS) is 12.5. The van der Waals surface area contributed by atoms with Gasteiger partial charge in [0, 0.05) is 12.6 Å². The molecule has 1 atom stereocenters. The lowest BCUT2D eigenvalue weighted by Gasteiger charge is -2.29. The first-order chi connectivity index (χ1) is 8.22. The van der Waals surface area contributed by atoms with E-state index < -0.39 is 0 Å². The highest BCUT2D eigenvalue weighted by atomic mass is 16.3. The van der Waals surface area contributed by atoms with Crippen molar-refractivity contribution < 1.29 is 5.11 Å². The zero-order chi connectivity index (χ0) is 12.7. The molecule has 4 heteroatoms. The van der Waals surface area contributed by atoms with E-state index in [0.717, 1.165) is 25.2 Å². The Hall–Kier alpha value is -1.16. The summed E-state index contributed by atoms with van der Waals surface area (Å²) in [6, 6.07) is 0.449. The molecule has 0 aromatic carbocycles. The van der Waals surface area contributed by atoms with E-state index in [0.29, 0.717) is 11.7 Å². The molecule has 0 spiro atoms. The van der Waals surface area contributed by atoms with Gasteiger partial charge in [-0.2, -0.15) is 0 Å². The summed E-state index contributed by atoms with van der Waals surface area (Å²) in [6.07, 6.45) is 6.78. The molecule has 1 aromatic heterocycles. The van der Waals surface area contributed by atoms with Gasteiger partial charge >= 0.3 is 0 Å². The van der Waals surface area contributed by atoms with E-state index >= 15 is 0 Å². The van der Waals surface area contributed by atoms with Crippen LogP contribution in [0.4, 0.5) is 5.82 Å². The van der Waals surface area contributed by atoms with E-state index in [1.54, 1.807) is 12.4 Å². The first-order valence-corrected chi connectivity index (χ1v) is 6.41. The number of rotatable bonds is 7. The summed E-state index contributed by atoms with van der Waals surface area (Å²) in [4.78, 5) is 10.8. The Morgan fingerprint density at radius 3 is 2.71 bits per heavy atom. The monoisotopic (exact) mass is 237 g/mol. The van der Waals surface area contributed by atoms with Crippen LogP contribution >= 0.6 is 0 Å². The molecule has 1 unspecified atom stereocenters. The minimum atomic E-state index is -0.0526. The lowest BCUT2D eigenvalue weighted by Crippen LogP contribution is -2.34. The molecule has 0 aliphatic heterocycles. The smallest absolute Gasteiger partial charge is 0.147 e. The van der Waals surface area contributed by atoms with Gasteiger partial charge in [0.2, 0.25) is 0 Å². The van der Waals surface area contributed by atoms with Crippen molar-refractivity contribution in [3.63, 3.8) is 0 Å². The molecule has 0 saturated carbocycles. The highest BCUT2D eigenvalue weighted by Gasteiger charge is 2.14. The molecule has 0 amide bonds. The lowest BCUT2D eigenvalue weighted by molar-refractivity contribution is 0.276. The van der Waals surface area contributed by atoms with Crippen LogP contribution < -0.4 is 4.90 Å². The number of nitrogens with zero attached hydrogens (tertiary/aromatic N) is 3. The van der Waals surface area contributed by atoms with Crippen molar-refractivity contribution in [2.75, 3.05) is 11.4 Å². The quantitative estimate of drug-likeness (QED) is 0.791. The average molecular weight is 237 g/mol.